The Morgan fingerprint density at radius 3 is 2.68 bits per heavy atom. The Kier molecular flexibility index (Phi) is 3.94. The van der Waals surface area contributed by atoms with Gasteiger partial charge >= 0.3 is 0 Å². The number of likely N-dealkylation sites (tertiary alicyclic amines) is 1. The number of nitrogens with zero attached hydrogens (tertiary/aromatic N) is 1. The predicted molar refractivity (Wildman–Crippen MR) is 91.3 cm³/mol. The molecule has 0 spiro atoms. The van der Waals surface area contributed by atoms with E-state index in [2.05, 4.69) is 11.9 Å². The molecule has 1 aromatic carbocycles. The number of H-pyrrole nitrogens is 1. The Morgan fingerprint density at radius 2 is 2.00 bits per heavy atom. The van der Waals surface area contributed by atoms with Crippen molar-refractivity contribution in [2.45, 2.75) is 39.0 Å². The molecule has 0 bridgehead atoms. The smallest absolute Gasteiger partial charge is 0.232 e. The van der Waals surface area contributed by atoms with Crippen LogP contribution in [0.25, 0.3) is 10.9 Å². The van der Waals surface area contributed by atoms with Gasteiger partial charge in [0.05, 0.1) is 5.41 Å². The highest BCUT2D eigenvalue weighted by atomic mass is 35.5. The van der Waals surface area contributed by atoms with E-state index in [0.717, 1.165) is 48.3 Å². The van der Waals surface area contributed by atoms with Crippen molar-refractivity contribution in [1.29, 1.82) is 0 Å². The minimum absolute atomic E-state index is 0.209. The molecule has 3 rings (SSSR count). The van der Waals surface area contributed by atoms with Gasteiger partial charge in [-0.3, -0.25) is 4.79 Å². The molecule has 1 aliphatic rings. The van der Waals surface area contributed by atoms with Gasteiger partial charge in [-0.15, -0.1) is 0 Å². The Morgan fingerprint density at radius 1 is 1.32 bits per heavy atom. The SMILES string of the molecule is CC1CCN(C(=O)C(C)(C)c2c[nH]c3ccc(Cl)cc23)CC1. The number of piperidine rings is 1. The van der Waals surface area contributed by atoms with E-state index in [1.165, 1.54) is 0 Å². The van der Waals surface area contributed by atoms with Crippen LogP contribution in [0.4, 0.5) is 0 Å². The third kappa shape index (κ3) is 2.63. The predicted octanol–water partition coefficient (Wildman–Crippen LogP) is 4.36. The molecular weight excluding hydrogens is 296 g/mol. The number of aromatic nitrogens is 1. The van der Waals surface area contributed by atoms with Gasteiger partial charge in [0.2, 0.25) is 5.91 Å². The van der Waals surface area contributed by atoms with Crippen molar-refractivity contribution < 1.29 is 4.79 Å². The van der Waals surface area contributed by atoms with E-state index in [1.807, 2.05) is 43.1 Å². The zero-order chi connectivity index (χ0) is 15.9. The summed E-state index contributed by atoms with van der Waals surface area (Å²) in [4.78, 5) is 18.3. The number of carbonyl (C=O) groups is 1. The first kappa shape index (κ1) is 15.4. The third-order valence-electron chi connectivity index (χ3n) is 4.92. The minimum atomic E-state index is -0.552. The summed E-state index contributed by atoms with van der Waals surface area (Å²) in [5.74, 6) is 0.930. The monoisotopic (exact) mass is 318 g/mol. The molecule has 1 aromatic heterocycles. The first-order valence-electron chi connectivity index (χ1n) is 7.96. The van der Waals surface area contributed by atoms with Crippen LogP contribution in [0.3, 0.4) is 0 Å². The van der Waals surface area contributed by atoms with E-state index >= 15 is 0 Å². The number of fused-ring (bicyclic) bond motifs is 1. The van der Waals surface area contributed by atoms with Crippen molar-refractivity contribution in [1.82, 2.24) is 9.88 Å². The van der Waals surface area contributed by atoms with Crippen molar-refractivity contribution in [2.75, 3.05) is 13.1 Å². The van der Waals surface area contributed by atoms with Crippen LogP contribution in [-0.2, 0) is 10.2 Å². The van der Waals surface area contributed by atoms with Gasteiger partial charge in [0.25, 0.3) is 0 Å². The van der Waals surface area contributed by atoms with Crippen molar-refractivity contribution >= 4 is 28.4 Å². The van der Waals surface area contributed by atoms with E-state index < -0.39 is 5.41 Å². The van der Waals surface area contributed by atoms with Gasteiger partial charge in [0.1, 0.15) is 0 Å². The fourth-order valence-corrected chi connectivity index (χ4v) is 3.50. The molecule has 1 saturated heterocycles. The molecule has 22 heavy (non-hydrogen) atoms. The highest BCUT2D eigenvalue weighted by molar-refractivity contribution is 6.31. The second kappa shape index (κ2) is 5.62. The Hall–Kier alpha value is -1.48. The lowest BCUT2D eigenvalue weighted by Gasteiger charge is -2.36. The maximum Gasteiger partial charge on any atom is 0.232 e. The fourth-order valence-electron chi connectivity index (χ4n) is 3.33. The van der Waals surface area contributed by atoms with E-state index in [0.29, 0.717) is 5.02 Å². The molecule has 0 aliphatic carbocycles. The summed E-state index contributed by atoms with van der Waals surface area (Å²) in [6.07, 6.45) is 4.15. The van der Waals surface area contributed by atoms with Gasteiger partial charge < -0.3 is 9.88 Å². The molecule has 0 radical (unpaired) electrons. The first-order chi connectivity index (χ1) is 10.4. The highest BCUT2D eigenvalue weighted by Crippen LogP contribution is 2.34. The van der Waals surface area contributed by atoms with Crippen LogP contribution in [0.2, 0.25) is 5.02 Å². The molecule has 0 saturated carbocycles. The van der Waals surface area contributed by atoms with Gasteiger partial charge in [0, 0.05) is 35.2 Å². The Labute approximate surface area is 136 Å². The standard InChI is InChI=1S/C18H23ClN2O/c1-12-6-8-21(9-7-12)17(22)18(2,3)15-11-20-16-5-4-13(19)10-14(15)16/h4-5,10-12,20H,6-9H2,1-3H3. The lowest BCUT2D eigenvalue weighted by atomic mass is 9.82. The maximum absolute atomic E-state index is 13.0. The number of aromatic amines is 1. The van der Waals surface area contributed by atoms with Crippen molar-refractivity contribution in [2.24, 2.45) is 5.92 Å². The second-order valence-corrected chi connectivity index (χ2v) is 7.43. The Bertz CT molecular complexity index is 696. The first-order valence-corrected chi connectivity index (χ1v) is 8.34. The second-order valence-electron chi connectivity index (χ2n) is 6.99. The summed E-state index contributed by atoms with van der Waals surface area (Å²) in [6.45, 7) is 8.02. The number of carbonyl (C=O) groups excluding carboxylic acids is 1. The van der Waals surface area contributed by atoms with Gasteiger partial charge in [-0.05, 0) is 56.4 Å². The number of rotatable bonds is 2. The molecule has 0 unspecified atom stereocenters. The van der Waals surface area contributed by atoms with Gasteiger partial charge in [-0.1, -0.05) is 18.5 Å². The summed E-state index contributed by atoms with van der Waals surface area (Å²) >= 11 is 6.13. The van der Waals surface area contributed by atoms with Crippen molar-refractivity contribution in [3.05, 3.63) is 35.0 Å². The summed E-state index contributed by atoms with van der Waals surface area (Å²) in [6, 6.07) is 5.77. The van der Waals surface area contributed by atoms with Gasteiger partial charge in [0.15, 0.2) is 0 Å². The molecule has 2 heterocycles. The van der Waals surface area contributed by atoms with Crippen LogP contribution < -0.4 is 0 Å². The highest BCUT2D eigenvalue weighted by Gasteiger charge is 2.36. The van der Waals surface area contributed by atoms with Crippen LogP contribution in [0.5, 0.6) is 0 Å². The number of amides is 1. The van der Waals surface area contributed by atoms with E-state index in [-0.39, 0.29) is 5.91 Å². The molecule has 0 atom stereocenters. The molecule has 1 N–H and O–H groups in total. The third-order valence-corrected chi connectivity index (χ3v) is 5.16. The number of hydrogen-bond acceptors (Lipinski definition) is 1. The molecule has 2 aromatic rings. The zero-order valence-corrected chi connectivity index (χ0v) is 14.2. The van der Waals surface area contributed by atoms with E-state index in [9.17, 15) is 4.79 Å². The lowest BCUT2D eigenvalue weighted by molar-refractivity contribution is -0.137. The number of nitrogens with one attached hydrogen (secondary N) is 1. The zero-order valence-electron chi connectivity index (χ0n) is 13.4. The molecular formula is C18H23ClN2O. The largest absolute Gasteiger partial charge is 0.361 e. The number of benzene rings is 1. The van der Waals surface area contributed by atoms with Gasteiger partial charge in [-0.25, -0.2) is 0 Å². The maximum atomic E-state index is 13.0. The average molecular weight is 319 g/mol. The Balaban J connectivity index is 1.93. The average Bonchev–Trinajstić information content (AvgIpc) is 2.91. The van der Waals surface area contributed by atoms with Crippen LogP contribution in [0.15, 0.2) is 24.4 Å². The minimum Gasteiger partial charge on any atom is -0.361 e. The summed E-state index contributed by atoms with van der Waals surface area (Å²) < 4.78 is 0. The van der Waals surface area contributed by atoms with Crippen molar-refractivity contribution in [3.63, 3.8) is 0 Å². The molecule has 1 fully saturated rings. The van der Waals surface area contributed by atoms with Crippen LogP contribution >= 0.6 is 11.6 Å². The quantitative estimate of drug-likeness (QED) is 0.877. The number of hydrogen-bond donors (Lipinski definition) is 1. The summed E-state index contributed by atoms with van der Waals surface area (Å²) in [5.41, 5.74) is 1.49. The summed E-state index contributed by atoms with van der Waals surface area (Å²) in [7, 11) is 0. The molecule has 4 heteroatoms. The van der Waals surface area contributed by atoms with E-state index in [1.54, 1.807) is 0 Å². The molecule has 1 amide bonds. The van der Waals surface area contributed by atoms with Crippen LogP contribution in [0, 0.1) is 5.92 Å². The normalized spacial score (nSPS) is 17.2. The number of halogens is 1. The van der Waals surface area contributed by atoms with Crippen molar-refractivity contribution in [3.8, 4) is 0 Å². The fraction of sp³-hybridized carbons (Fsp3) is 0.500. The molecule has 118 valence electrons. The summed E-state index contributed by atoms with van der Waals surface area (Å²) in [5, 5.41) is 1.74. The van der Waals surface area contributed by atoms with E-state index in [4.69, 9.17) is 11.6 Å². The van der Waals surface area contributed by atoms with Crippen LogP contribution in [0.1, 0.15) is 39.2 Å². The topological polar surface area (TPSA) is 36.1 Å². The van der Waals surface area contributed by atoms with Crippen LogP contribution in [-0.4, -0.2) is 28.9 Å². The lowest BCUT2D eigenvalue weighted by Crippen LogP contribution is -2.46. The molecule has 3 nitrogen and oxygen atoms in total. The van der Waals surface area contributed by atoms with Gasteiger partial charge in [-0.2, -0.15) is 0 Å². The molecule has 1 aliphatic heterocycles.